The topological polar surface area (TPSA) is 51.1 Å². The molecule has 152 valence electrons. The molecule has 2 aromatic rings. The maximum Gasteiger partial charge on any atom is 0.280 e. The number of hydrogen-bond acceptors (Lipinski definition) is 4. The van der Waals surface area contributed by atoms with Crippen molar-refractivity contribution in [2.75, 3.05) is 18.7 Å². The molecule has 0 aromatic heterocycles. The lowest BCUT2D eigenvalue weighted by Gasteiger charge is -2.13. The molecule has 1 aliphatic heterocycles. The second kappa shape index (κ2) is 9.14. The lowest BCUT2D eigenvalue weighted by atomic mass is 10.1. The molecule has 1 amide bonds. The molecule has 2 aromatic carbocycles. The number of hydrogen-bond donors (Lipinski definition) is 0. The summed E-state index contributed by atoms with van der Waals surface area (Å²) in [5, 5.41) is 6.40. The van der Waals surface area contributed by atoms with E-state index in [2.05, 4.69) is 18.9 Å². The largest absolute Gasteiger partial charge is 0.493 e. The van der Waals surface area contributed by atoms with Crippen LogP contribution in [-0.4, -0.2) is 25.3 Å². The van der Waals surface area contributed by atoms with Gasteiger partial charge in [-0.05, 0) is 67.3 Å². The van der Waals surface area contributed by atoms with Gasteiger partial charge in [-0.3, -0.25) is 4.79 Å². The van der Waals surface area contributed by atoms with Gasteiger partial charge in [-0.2, -0.15) is 10.1 Å². The average molecular weight is 413 g/mol. The molecule has 0 radical (unpaired) electrons. The molecule has 5 nitrogen and oxygen atoms in total. The Labute approximate surface area is 176 Å². The standard InChI is InChI=1S/C23H25ClN2O3/c1-15(2)11-12-29-21-10-5-17(14-22(21)28-4)13-20-16(3)25-26(23(20)27)19-8-6-18(24)7-9-19/h5-10,13-15H,11-12H2,1-4H3/b20-13+. The fourth-order valence-corrected chi connectivity index (χ4v) is 3.03. The third kappa shape index (κ3) is 4.98. The molecule has 0 N–H and O–H groups in total. The maximum atomic E-state index is 12.9. The van der Waals surface area contributed by atoms with Gasteiger partial charge in [0.15, 0.2) is 11.5 Å². The summed E-state index contributed by atoms with van der Waals surface area (Å²) in [6.45, 7) is 6.77. The molecule has 0 atom stereocenters. The van der Waals surface area contributed by atoms with Crippen molar-refractivity contribution in [2.24, 2.45) is 11.0 Å². The van der Waals surface area contributed by atoms with Crippen molar-refractivity contribution in [3.63, 3.8) is 0 Å². The van der Waals surface area contributed by atoms with E-state index in [1.807, 2.05) is 31.2 Å². The third-order valence-electron chi connectivity index (χ3n) is 4.59. The molecule has 1 aliphatic rings. The molecule has 0 unspecified atom stereocenters. The summed E-state index contributed by atoms with van der Waals surface area (Å²) in [6.07, 6.45) is 2.79. The number of nitrogens with zero attached hydrogens (tertiary/aromatic N) is 2. The van der Waals surface area contributed by atoms with Gasteiger partial charge in [0, 0.05) is 5.02 Å². The second-order valence-corrected chi connectivity index (χ2v) is 7.71. The molecule has 0 aliphatic carbocycles. The van der Waals surface area contributed by atoms with Crippen LogP contribution < -0.4 is 14.5 Å². The van der Waals surface area contributed by atoms with Crippen LogP contribution in [0, 0.1) is 5.92 Å². The van der Waals surface area contributed by atoms with Crippen LogP contribution in [0.3, 0.4) is 0 Å². The zero-order valence-corrected chi connectivity index (χ0v) is 17.9. The van der Waals surface area contributed by atoms with Crippen LogP contribution in [0.15, 0.2) is 53.1 Å². The molecule has 0 fully saturated rings. The fraction of sp³-hybridized carbons (Fsp3) is 0.304. The SMILES string of the molecule is COc1cc(/C=C2/C(=O)N(c3ccc(Cl)cc3)N=C2C)ccc1OCCC(C)C. The lowest BCUT2D eigenvalue weighted by Crippen LogP contribution is -2.21. The van der Waals surface area contributed by atoms with Crippen LogP contribution >= 0.6 is 11.6 Å². The van der Waals surface area contributed by atoms with E-state index in [0.717, 1.165) is 12.0 Å². The minimum absolute atomic E-state index is 0.180. The molecule has 0 saturated carbocycles. The van der Waals surface area contributed by atoms with Crippen LogP contribution in [0.25, 0.3) is 6.08 Å². The number of hydrazone groups is 1. The van der Waals surface area contributed by atoms with Crippen molar-refractivity contribution < 1.29 is 14.3 Å². The van der Waals surface area contributed by atoms with E-state index in [4.69, 9.17) is 21.1 Å². The van der Waals surface area contributed by atoms with Gasteiger partial charge in [0.1, 0.15) is 0 Å². The van der Waals surface area contributed by atoms with Gasteiger partial charge in [-0.1, -0.05) is 31.5 Å². The van der Waals surface area contributed by atoms with E-state index in [1.165, 1.54) is 5.01 Å². The van der Waals surface area contributed by atoms with Crippen molar-refractivity contribution in [3.8, 4) is 11.5 Å². The van der Waals surface area contributed by atoms with Gasteiger partial charge in [-0.25, -0.2) is 0 Å². The first-order valence-electron chi connectivity index (χ1n) is 9.57. The zero-order chi connectivity index (χ0) is 21.0. The summed E-state index contributed by atoms with van der Waals surface area (Å²) < 4.78 is 11.3. The fourth-order valence-electron chi connectivity index (χ4n) is 2.91. The highest BCUT2D eigenvalue weighted by Crippen LogP contribution is 2.31. The number of rotatable bonds is 7. The number of benzene rings is 2. The van der Waals surface area contributed by atoms with E-state index < -0.39 is 0 Å². The highest BCUT2D eigenvalue weighted by atomic mass is 35.5. The van der Waals surface area contributed by atoms with Crippen LogP contribution in [0.2, 0.25) is 5.02 Å². The van der Waals surface area contributed by atoms with Gasteiger partial charge in [0.05, 0.1) is 30.7 Å². The van der Waals surface area contributed by atoms with Gasteiger partial charge in [0.25, 0.3) is 5.91 Å². The van der Waals surface area contributed by atoms with E-state index >= 15 is 0 Å². The first-order chi connectivity index (χ1) is 13.9. The van der Waals surface area contributed by atoms with Crippen molar-refractivity contribution in [3.05, 3.63) is 58.6 Å². The number of methoxy groups -OCH3 is 1. The normalized spacial score (nSPS) is 15.2. The van der Waals surface area contributed by atoms with Gasteiger partial charge < -0.3 is 9.47 Å². The Bertz CT molecular complexity index is 949. The summed E-state index contributed by atoms with van der Waals surface area (Å²) in [7, 11) is 1.61. The Balaban J connectivity index is 1.81. The molecule has 6 heteroatoms. The highest BCUT2D eigenvalue weighted by molar-refractivity contribution is 6.32. The van der Waals surface area contributed by atoms with Crippen molar-refractivity contribution in [1.82, 2.24) is 0 Å². The molecule has 1 heterocycles. The number of ether oxygens (including phenoxy) is 2. The van der Waals surface area contributed by atoms with Crippen LogP contribution in [0.4, 0.5) is 5.69 Å². The van der Waals surface area contributed by atoms with E-state index in [9.17, 15) is 4.79 Å². The Hall–Kier alpha value is -2.79. The summed E-state index contributed by atoms with van der Waals surface area (Å²) in [6, 6.07) is 12.7. The monoisotopic (exact) mass is 412 g/mol. The first-order valence-corrected chi connectivity index (χ1v) is 9.95. The van der Waals surface area contributed by atoms with Crippen molar-refractivity contribution >= 4 is 35.0 Å². The molecular formula is C23H25ClN2O3. The van der Waals surface area contributed by atoms with Crippen LogP contribution in [0.5, 0.6) is 11.5 Å². The van der Waals surface area contributed by atoms with Crippen LogP contribution in [0.1, 0.15) is 32.8 Å². The van der Waals surface area contributed by atoms with Gasteiger partial charge in [-0.15, -0.1) is 0 Å². The summed E-state index contributed by atoms with van der Waals surface area (Å²) in [4.78, 5) is 12.9. The molecule has 3 rings (SSSR count). The summed E-state index contributed by atoms with van der Waals surface area (Å²) >= 11 is 5.93. The minimum Gasteiger partial charge on any atom is -0.493 e. The maximum absolute atomic E-state index is 12.9. The summed E-state index contributed by atoms with van der Waals surface area (Å²) in [5.74, 6) is 1.73. The van der Waals surface area contributed by atoms with E-state index in [-0.39, 0.29) is 5.91 Å². The highest BCUT2D eigenvalue weighted by Gasteiger charge is 2.28. The summed E-state index contributed by atoms with van der Waals surface area (Å²) in [5.41, 5.74) is 2.71. The minimum atomic E-state index is -0.180. The number of anilines is 1. The molecule has 0 spiro atoms. The molecule has 29 heavy (non-hydrogen) atoms. The third-order valence-corrected chi connectivity index (χ3v) is 4.84. The number of amides is 1. The van der Waals surface area contributed by atoms with Gasteiger partial charge >= 0.3 is 0 Å². The molecule has 0 saturated heterocycles. The lowest BCUT2D eigenvalue weighted by molar-refractivity contribution is -0.114. The smallest absolute Gasteiger partial charge is 0.280 e. The van der Waals surface area contributed by atoms with Gasteiger partial charge in [0.2, 0.25) is 0 Å². The number of carbonyl (C=O) groups is 1. The predicted octanol–water partition coefficient (Wildman–Crippen LogP) is 5.58. The Morgan fingerprint density at radius 1 is 1.14 bits per heavy atom. The molecular weight excluding hydrogens is 388 g/mol. The zero-order valence-electron chi connectivity index (χ0n) is 17.1. The predicted molar refractivity (Wildman–Crippen MR) is 118 cm³/mol. The Morgan fingerprint density at radius 2 is 1.86 bits per heavy atom. The number of halogens is 1. The second-order valence-electron chi connectivity index (χ2n) is 7.28. The number of carbonyl (C=O) groups excluding carboxylic acids is 1. The van der Waals surface area contributed by atoms with Crippen molar-refractivity contribution in [2.45, 2.75) is 27.2 Å². The Morgan fingerprint density at radius 3 is 2.52 bits per heavy atom. The van der Waals surface area contributed by atoms with Crippen LogP contribution in [-0.2, 0) is 4.79 Å². The molecule has 0 bridgehead atoms. The average Bonchev–Trinajstić information content (AvgIpc) is 2.97. The van der Waals surface area contributed by atoms with E-state index in [1.54, 1.807) is 31.4 Å². The van der Waals surface area contributed by atoms with E-state index in [0.29, 0.717) is 46.0 Å². The quantitative estimate of drug-likeness (QED) is 0.558. The Kier molecular flexibility index (Phi) is 6.60. The van der Waals surface area contributed by atoms with Crippen molar-refractivity contribution in [1.29, 1.82) is 0 Å². The first kappa shape index (κ1) is 20.9.